The first-order valence-corrected chi connectivity index (χ1v) is 15.3. The van der Waals surface area contributed by atoms with Crippen molar-refractivity contribution in [3.05, 3.63) is 133 Å². The lowest BCUT2D eigenvalue weighted by Gasteiger charge is -2.18. The van der Waals surface area contributed by atoms with Gasteiger partial charge in [0.05, 0.1) is 9.40 Å². The zero-order valence-corrected chi connectivity index (χ0v) is 23.2. The van der Waals surface area contributed by atoms with Crippen LogP contribution in [0.4, 0.5) is 0 Å². The van der Waals surface area contributed by atoms with E-state index in [-0.39, 0.29) is 0 Å². The molecule has 0 unspecified atom stereocenters. The van der Waals surface area contributed by atoms with E-state index in [1.807, 2.05) is 22.7 Å². The van der Waals surface area contributed by atoms with Gasteiger partial charge in [-0.25, -0.2) is 0 Å². The lowest BCUT2D eigenvalue weighted by molar-refractivity contribution is 1.69. The van der Waals surface area contributed by atoms with E-state index >= 15 is 0 Å². The molecule has 0 atom stereocenters. The minimum absolute atomic E-state index is 1.27. The monoisotopic (exact) mass is 542 g/mol. The first kappa shape index (κ1) is 22.3. The van der Waals surface area contributed by atoms with Crippen LogP contribution in [0.2, 0.25) is 0 Å². The molecule has 0 amide bonds. The predicted octanol–water partition coefficient (Wildman–Crippen LogP) is 12.1. The Morgan fingerprint density at radius 2 is 1.05 bits per heavy atom. The average molecular weight is 543 g/mol. The van der Waals surface area contributed by atoms with E-state index < -0.39 is 0 Å². The van der Waals surface area contributed by atoms with Crippen LogP contribution in [0.3, 0.4) is 0 Å². The summed E-state index contributed by atoms with van der Waals surface area (Å²) >= 11 is 3.77. The number of benzene rings is 7. The maximum atomic E-state index is 2.42. The van der Waals surface area contributed by atoms with Gasteiger partial charge in [0, 0.05) is 15.5 Å². The number of rotatable bonds is 2. The Morgan fingerprint density at radius 1 is 0.400 bits per heavy atom. The summed E-state index contributed by atoms with van der Waals surface area (Å²) in [6.07, 6.45) is 0. The van der Waals surface area contributed by atoms with E-state index in [2.05, 4.69) is 133 Å². The van der Waals surface area contributed by atoms with Crippen molar-refractivity contribution in [3.63, 3.8) is 0 Å². The molecule has 2 heterocycles. The Morgan fingerprint density at radius 3 is 1.82 bits per heavy atom. The highest BCUT2D eigenvalue weighted by molar-refractivity contribution is 7.30. The van der Waals surface area contributed by atoms with E-state index in [0.29, 0.717) is 0 Å². The van der Waals surface area contributed by atoms with Crippen LogP contribution < -0.4 is 0 Å². The van der Waals surface area contributed by atoms with Crippen molar-refractivity contribution < 1.29 is 0 Å². The van der Waals surface area contributed by atoms with Crippen LogP contribution >= 0.6 is 22.7 Å². The van der Waals surface area contributed by atoms with E-state index in [1.54, 1.807) is 0 Å². The van der Waals surface area contributed by atoms with Crippen molar-refractivity contribution in [2.45, 2.75) is 0 Å². The Labute approximate surface area is 239 Å². The molecule has 7 aromatic carbocycles. The van der Waals surface area contributed by atoms with Crippen LogP contribution in [0.5, 0.6) is 0 Å². The molecule has 9 aromatic rings. The Kier molecular flexibility index (Phi) is 4.74. The minimum Gasteiger partial charge on any atom is -0.142 e. The maximum Gasteiger partial charge on any atom is 0.0533 e. The summed E-state index contributed by atoms with van der Waals surface area (Å²) in [5.41, 5.74) is 5.20. The van der Waals surface area contributed by atoms with Crippen LogP contribution in [0.25, 0.3) is 84.8 Å². The van der Waals surface area contributed by atoms with Crippen LogP contribution in [0.1, 0.15) is 0 Å². The fourth-order valence-corrected chi connectivity index (χ4v) is 8.89. The molecule has 0 aliphatic heterocycles. The van der Waals surface area contributed by atoms with Crippen LogP contribution in [0.15, 0.2) is 133 Å². The molecule has 186 valence electrons. The van der Waals surface area contributed by atoms with Crippen LogP contribution in [0, 0.1) is 0 Å². The molecular weight excluding hydrogens is 521 g/mol. The third-order valence-corrected chi connectivity index (χ3v) is 10.6. The molecule has 0 aliphatic rings. The molecular formula is C38H22S2. The van der Waals surface area contributed by atoms with Gasteiger partial charge < -0.3 is 0 Å². The largest absolute Gasteiger partial charge is 0.142 e. The van der Waals surface area contributed by atoms with Gasteiger partial charge in [0.1, 0.15) is 0 Å². The quantitative estimate of drug-likeness (QED) is 0.191. The summed E-state index contributed by atoms with van der Waals surface area (Å²) in [6, 6.07) is 47.2. The molecule has 0 saturated heterocycles. The summed E-state index contributed by atoms with van der Waals surface area (Å²) in [4.78, 5) is 0. The third kappa shape index (κ3) is 3.12. The number of fused-ring (bicyclic) bond motifs is 8. The molecule has 0 spiro atoms. The highest BCUT2D eigenvalue weighted by atomic mass is 32.1. The zero-order chi connectivity index (χ0) is 26.2. The molecule has 2 aromatic heterocycles. The molecule has 2 heteroatoms. The number of hydrogen-bond donors (Lipinski definition) is 0. The molecule has 0 nitrogen and oxygen atoms in total. The van der Waals surface area contributed by atoms with Crippen molar-refractivity contribution in [1.29, 1.82) is 0 Å². The highest BCUT2D eigenvalue weighted by Crippen LogP contribution is 2.47. The topological polar surface area (TPSA) is 0 Å². The van der Waals surface area contributed by atoms with Gasteiger partial charge in [0.15, 0.2) is 0 Å². The first-order valence-electron chi connectivity index (χ1n) is 13.6. The van der Waals surface area contributed by atoms with E-state index in [4.69, 9.17) is 0 Å². The number of thiophene rings is 2. The molecule has 9 rings (SSSR count). The van der Waals surface area contributed by atoms with Crippen molar-refractivity contribution in [1.82, 2.24) is 0 Å². The fraction of sp³-hybridized carbons (Fsp3) is 0. The van der Waals surface area contributed by atoms with Crippen LogP contribution in [-0.4, -0.2) is 0 Å². The van der Waals surface area contributed by atoms with Gasteiger partial charge in [-0.1, -0.05) is 115 Å². The zero-order valence-electron chi connectivity index (χ0n) is 21.5. The normalized spacial score (nSPS) is 12.0. The third-order valence-electron chi connectivity index (χ3n) is 8.34. The minimum atomic E-state index is 1.27. The number of hydrogen-bond acceptors (Lipinski definition) is 2. The van der Waals surface area contributed by atoms with E-state index in [9.17, 15) is 0 Å². The van der Waals surface area contributed by atoms with Gasteiger partial charge in [0.2, 0.25) is 0 Å². The van der Waals surface area contributed by atoms with E-state index in [1.165, 1.54) is 84.8 Å². The second-order valence-corrected chi connectivity index (χ2v) is 12.4. The summed E-state index contributed by atoms with van der Waals surface area (Å²) in [7, 11) is 0. The first-order chi connectivity index (χ1) is 19.8. The van der Waals surface area contributed by atoms with Gasteiger partial charge in [-0.3, -0.25) is 0 Å². The standard InChI is InChI=1S/C38H22S2/c1-2-10-26-23(8-1)9-7-15-28(26)36-31-13-5-3-11-29(31)35(30-12-4-6-14-32(30)36)25-17-18-27-33-19-16-24-20-21-39-37(24)38(33)40-34(27)22-25/h1-22H. The predicted molar refractivity (Wildman–Crippen MR) is 178 cm³/mol. The smallest absolute Gasteiger partial charge is 0.0533 e. The second-order valence-electron chi connectivity index (χ2n) is 10.5. The Hall–Kier alpha value is -4.50. The van der Waals surface area contributed by atoms with Crippen molar-refractivity contribution in [3.8, 4) is 22.3 Å². The van der Waals surface area contributed by atoms with Gasteiger partial charge in [0.25, 0.3) is 0 Å². The lowest BCUT2D eigenvalue weighted by Crippen LogP contribution is -1.91. The van der Waals surface area contributed by atoms with Crippen LogP contribution in [-0.2, 0) is 0 Å². The SMILES string of the molecule is c1ccc2c(-c3c4ccccc4c(-c4ccc5c(c4)sc4c5ccc5ccsc54)c4ccccc34)cccc2c1. The van der Waals surface area contributed by atoms with Gasteiger partial charge in [-0.15, -0.1) is 22.7 Å². The Bertz CT molecular complexity index is 2370. The van der Waals surface area contributed by atoms with Gasteiger partial charge in [-0.2, -0.15) is 0 Å². The summed E-state index contributed by atoms with van der Waals surface area (Å²) in [5, 5.41) is 14.0. The highest BCUT2D eigenvalue weighted by Gasteiger charge is 2.18. The van der Waals surface area contributed by atoms with Gasteiger partial charge in [-0.05, 0) is 77.5 Å². The fourth-order valence-electron chi connectivity index (χ4n) is 6.59. The second kappa shape index (κ2) is 8.50. The molecule has 0 saturated carbocycles. The van der Waals surface area contributed by atoms with E-state index in [0.717, 1.165) is 0 Å². The lowest BCUT2D eigenvalue weighted by atomic mass is 9.84. The molecule has 0 N–H and O–H groups in total. The summed E-state index contributed by atoms with van der Waals surface area (Å²) in [6.45, 7) is 0. The van der Waals surface area contributed by atoms with Crippen molar-refractivity contribution in [2.24, 2.45) is 0 Å². The van der Waals surface area contributed by atoms with Gasteiger partial charge >= 0.3 is 0 Å². The molecule has 0 radical (unpaired) electrons. The Balaban J connectivity index is 1.39. The van der Waals surface area contributed by atoms with Crippen molar-refractivity contribution >= 4 is 85.2 Å². The average Bonchev–Trinajstić information content (AvgIpc) is 3.64. The summed E-state index contributed by atoms with van der Waals surface area (Å²) in [5.74, 6) is 0. The maximum absolute atomic E-state index is 2.42. The van der Waals surface area contributed by atoms with Crippen molar-refractivity contribution in [2.75, 3.05) is 0 Å². The molecule has 40 heavy (non-hydrogen) atoms. The summed E-state index contributed by atoms with van der Waals surface area (Å²) < 4.78 is 4.15. The molecule has 0 bridgehead atoms. The molecule has 0 fully saturated rings. The molecule has 0 aliphatic carbocycles.